The predicted molar refractivity (Wildman–Crippen MR) is 107 cm³/mol. The Morgan fingerprint density at radius 2 is 1.86 bits per heavy atom. The lowest BCUT2D eigenvalue weighted by Crippen LogP contribution is -2.24. The molecule has 28 heavy (non-hydrogen) atoms. The van der Waals surface area contributed by atoms with Crippen LogP contribution >= 0.6 is 15.9 Å². The van der Waals surface area contributed by atoms with Gasteiger partial charge in [-0.2, -0.15) is 4.98 Å². The molecule has 1 amide bonds. The molecule has 0 radical (unpaired) electrons. The van der Waals surface area contributed by atoms with Crippen molar-refractivity contribution in [3.63, 3.8) is 0 Å². The van der Waals surface area contributed by atoms with Crippen LogP contribution in [0, 0.1) is 0 Å². The molecule has 0 spiro atoms. The van der Waals surface area contributed by atoms with E-state index in [-0.39, 0.29) is 11.8 Å². The summed E-state index contributed by atoms with van der Waals surface area (Å²) in [5.41, 5.74) is 1.61. The lowest BCUT2D eigenvalue weighted by atomic mass is 10.1. The van der Waals surface area contributed by atoms with Gasteiger partial charge in [-0.15, -0.1) is 0 Å². The van der Waals surface area contributed by atoms with Crippen LogP contribution in [0.2, 0.25) is 0 Å². The minimum atomic E-state index is -0.155. The number of halogens is 1. The Labute approximate surface area is 170 Å². The van der Waals surface area contributed by atoms with E-state index in [2.05, 4.69) is 26.1 Å². The normalized spacial score (nSPS) is 16.5. The lowest BCUT2D eigenvalue weighted by Gasteiger charge is -2.18. The van der Waals surface area contributed by atoms with Crippen molar-refractivity contribution in [1.29, 1.82) is 0 Å². The van der Waals surface area contributed by atoms with Gasteiger partial charge in [-0.3, -0.25) is 4.79 Å². The quantitative estimate of drug-likeness (QED) is 0.591. The SMILES string of the molecule is COc1ccc(N2C[C@@H](c3nc(-c4ccc(Br)cc4)no3)CC2=O)cc1OC. The van der Waals surface area contributed by atoms with Gasteiger partial charge in [-0.25, -0.2) is 0 Å². The van der Waals surface area contributed by atoms with E-state index in [4.69, 9.17) is 14.0 Å². The summed E-state index contributed by atoms with van der Waals surface area (Å²) in [6.45, 7) is 0.469. The molecule has 144 valence electrons. The largest absolute Gasteiger partial charge is 0.493 e. The minimum Gasteiger partial charge on any atom is -0.493 e. The van der Waals surface area contributed by atoms with Crippen molar-refractivity contribution < 1.29 is 18.8 Å². The molecule has 1 saturated heterocycles. The highest BCUT2D eigenvalue weighted by Gasteiger charge is 2.35. The van der Waals surface area contributed by atoms with E-state index in [1.54, 1.807) is 31.3 Å². The number of methoxy groups -OCH3 is 2. The second kappa shape index (κ2) is 7.63. The third-order valence-electron chi connectivity index (χ3n) is 4.70. The second-order valence-corrected chi connectivity index (χ2v) is 7.32. The third kappa shape index (κ3) is 3.47. The topological polar surface area (TPSA) is 77.7 Å². The first kappa shape index (κ1) is 18.5. The summed E-state index contributed by atoms with van der Waals surface area (Å²) in [6.07, 6.45) is 0.316. The second-order valence-electron chi connectivity index (χ2n) is 6.41. The summed E-state index contributed by atoms with van der Waals surface area (Å²) in [4.78, 5) is 18.8. The Kier molecular flexibility index (Phi) is 5.04. The van der Waals surface area contributed by atoms with Crippen LogP contribution in [0.3, 0.4) is 0 Å². The summed E-state index contributed by atoms with van der Waals surface area (Å²) < 4.78 is 17.0. The van der Waals surface area contributed by atoms with E-state index in [1.807, 2.05) is 30.3 Å². The number of aromatic nitrogens is 2. The van der Waals surface area contributed by atoms with Crippen molar-refractivity contribution >= 4 is 27.5 Å². The van der Waals surface area contributed by atoms with Crippen LogP contribution < -0.4 is 14.4 Å². The average Bonchev–Trinajstić information content (AvgIpc) is 3.35. The zero-order valence-corrected chi connectivity index (χ0v) is 17.0. The molecule has 0 unspecified atom stereocenters. The van der Waals surface area contributed by atoms with Crippen LogP contribution in [0.5, 0.6) is 11.5 Å². The van der Waals surface area contributed by atoms with Crippen molar-refractivity contribution in [3.8, 4) is 22.9 Å². The number of carbonyl (C=O) groups is 1. The molecule has 1 aliphatic heterocycles. The smallest absolute Gasteiger partial charge is 0.232 e. The minimum absolute atomic E-state index is 0.000566. The van der Waals surface area contributed by atoms with E-state index < -0.39 is 0 Å². The van der Waals surface area contributed by atoms with E-state index in [9.17, 15) is 4.79 Å². The molecule has 0 aliphatic carbocycles. The molecule has 0 saturated carbocycles. The van der Waals surface area contributed by atoms with Crippen LogP contribution in [0.15, 0.2) is 51.5 Å². The van der Waals surface area contributed by atoms with Crippen LogP contribution in [-0.2, 0) is 4.79 Å². The summed E-state index contributed by atoms with van der Waals surface area (Å²) in [5, 5.41) is 4.07. The molecule has 0 N–H and O–H groups in total. The molecule has 2 aromatic carbocycles. The molecule has 7 nitrogen and oxygen atoms in total. The molecular formula is C20H18BrN3O4. The van der Waals surface area contributed by atoms with Gasteiger partial charge >= 0.3 is 0 Å². The van der Waals surface area contributed by atoms with Crippen LogP contribution in [-0.4, -0.2) is 36.8 Å². The molecular weight excluding hydrogens is 426 g/mol. The highest BCUT2D eigenvalue weighted by molar-refractivity contribution is 9.10. The zero-order valence-electron chi connectivity index (χ0n) is 15.4. The molecule has 4 rings (SSSR count). The molecule has 0 bridgehead atoms. The van der Waals surface area contributed by atoms with E-state index in [0.29, 0.717) is 36.2 Å². The third-order valence-corrected chi connectivity index (χ3v) is 5.23. The van der Waals surface area contributed by atoms with E-state index >= 15 is 0 Å². The molecule has 3 aromatic rings. The first-order valence-corrected chi connectivity index (χ1v) is 9.50. The van der Waals surface area contributed by atoms with Crippen molar-refractivity contribution in [3.05, 3.63) is 52.8 Å². The van der Waals surface area contributed by atoms with Gasteiger partial charge in [-0.05, 0) is 36.4 Å². The van der Waals surface area contributed by atoms with Gasteiger partial charge in [-0.1, -0.05) is 21.1 Å². The van der Waals surface area contributed by atoms with Gasteiger partial charge in [0.1, 0.15) is 0 Å². The number of hydrogen-bond donors (Lipinski definition) is 0. The van der Waals surface area contributed by atoms with Crippen LogP contribution in [0.4, 0.5) is 5.69 Å². The molecule has 1 aliphatic rings. The first-order valence-electron chi connectivity index (χ1n) is 8.71. The maximum atomic E-state index is 12.6. The van der Waals surface area contributed by atoms with Crippen molar-refractivity contribution in [2.75, 3.05) is 25.7 Å². The number of amides is 1. The fraction of sp³-hybridized carbons (Fsp3) is 0.250. The highest BCUT2D eigenvalue weighted by Crippen LogP contribution is 2.36. The van der Waals surface area contributed by atoms with E-state index in [1.165, 1.54) is 0 Å². The standard InChI is InChI=1S/C20H18BrN3O4/c1-26-16-8-7-15(10-17(16)27-2)24-11-13(9-18(24)25)20-22-19(23-28-20)12-3-5-14(21)6-4-12/h3-8,10,13H,9,11H2,1-2H3/t13-/m0/s1. The summed E-state index contributed by atoms with van der Waals surface area (Å²) >= 11 is 3.41. The van der Waals surface area contributed by atoms with E-state index in [0.717, 1.165) is 15.7 Å². The van der Waals surface area contributed by atoms with Gasteiger partial charge in [0.15, 0.2) is 11.5 Å². The van der Waals surface area contributed by atoms with Gasteiger partial charge in [0.05, 0.1) is 20.1 Å². The summed E-state index contributed by atoms with van der Waals surface area (Å²) in [7, 11) is 3.14. The van der Waals surface area contributed by atoms with Crippen molar-refractivity contribution in [2.24, 2.45) is 0 Å². The Hall–Kier alpha value is -2.87. The fourth-order valence-electron chi connectivity index (χ4n) is 3.23. The number of benzene rings is 2. The van der Waals surface area contributed by atoms with Gasteiger partial charge in [0.2, 0.25) is 17.6 Å². The fourth-order valence-corrected chi connectivity index (χ4v) is 3.50. The Morgan fingerprint density at radius 3 is 2.57 bits per heavy atom. The monoisotopic (exact) mass is 443 g/mol. The summed E-state index contributed by atoms with van der Waals surface area (Å²) in [6, 6.07) is 13.1. The maximum absolute atomic E-state index is 12.6. The lowest BCUT2D eigenvalue weighted by molar-refractivity contribution is -0.117. The first-order chi connectivity index (χ1) is 13.6. The maximum Gasteiger partial charge on any atom is 0.232 e. The van der Waals surface area contributed by atoms with Gasteiger partial charge < -0.3 is 18.9 Å². The number of rotatable bonds is 5. The molecule has 1 aromatic heterocycles. The number of anilines is 1. The zero-order chi connectivity index (χ0) is 19.7. The van der Waals surface area contributed by atoms with Crippen LogP contribution in [0.1, 0.15) is 18.2 Å². The van der Waals surface area contributed by atoms with Crippen molar-refractivity contribution in [2.45, 2.75) is 12.3 Å². The molecule has 8 heteroatoms. The van der Waals surface area contributed by atoms with Gasteiger partial charge in [0, 0.05) is 34.8 Å². The number of nitrogens with zero attached hydrogens (tertiary/aromatic N) is 3. The van der Waals surface area contributed by atoms with Crippen molar-refractivity contribution in [1.82, 2.24) is 10.1 Å². The van der Waals surface area contributed by atoms with Crippen LogP contribution in [0.25, 0.3) is 11.4 Å². The number of carbonyl (C=O) groups excluding carboxylic acids is 1. The Bertz CT molecular complexity index is 1000. The number of ether oxygens (including phenoxy) is 2. The highest BCUT2D eigenvalue weighted by atomic mass is 79.9. The Morgan fingerprint density at radius 1 is 1.11 bits per heavy atom. The molecule has 2 heterocycles. The average molecular weight is 444 g/mol. The molecule has 1 atom stereocenters. The summed E-state index contributed by atoms with van der Waals surface area (Å²) in [5.74, 6) is 2.02. The predicted octanol–water partition coefficient (Wildman–Crippen LogP) is 4.04. The Balaban J connectivity index is 1.55. The molecule has 1 fully saturated rings. The van der Waals surface area contributed by atoms with Gasteiger partial charge in [0.25, 0.3) is 0 Å². The number of hydrogen-bond acceptors (Lipinski definition) is 6.